The van der Waals surface area contributed by atoms with E-state index in [9.17, 15) is 9.50 Å². The zero-order valence-electron chi connectivity index (χ0n) is 13.1. The molecular weight excluding hydrogens is 349 g/mol. The van der Waals surface area contributed by atoms with Gasteiger partial charge in [-0.15, -0.1) is 23.7 Å². The summed E-state index contributed by atoms with van der Waals surface area (Å²) in [6.07, 6.45) is -1.45. The third kappa shape index (κ3) is 4.05. The molecule has 1 aromatic heterocycles. The van der Waals surface area contributed by atoms with E-state index in [1.807, 2.05) is 29.6 Å². The maximum absolute atomic E-state index is 13.6. The van der Waals surface area contributed by atoms with Gasteiger partial charge in [0.1, 0.15) is 17.7 Å². The standard InChI is InChI=1S/C18H18FNO2S.ClH/c1-20-11-15(21)18(12-4-2-5-13(19)10-12)22-16-6-3-7-17-14(16)8-9-23-17;/h2-10,15,18,20-21H,11H2,1H3;1H/t15-,18+;/m1./s1. The number of ether oxygens (including phenoxy) is 1. The molecular formula is C18H19ClFNO2S. The van der Waals surface area contributed by atoms with E-state index in [2.05, 4.69) is 5.32 Å². The van der Waals surface area contributed by atoms with Gasteiger partial charge in [0.25, 0.3) is 0 Å². The van der Waals surface area contributed by atoms with Crippen molar-refractivity contribution in [2.75, 3.05) is 13.6 Å². The number of benzene rings is 2. The van der Waals surface area contributed by atoms with Crippen LogP contribution in [0.25, 0.3) is 10.1 Å². The molecule has 3 rings (SSSR count). The van der Waals surface area contributed by atoms with Gasteiger partial charge < -0.3 is 15.2 Å². The van der Waals surface area contributed by atoms with Crippen molar-refractivity contribution in [1.29, 1.82) is 0 Å². The van der Waals surface area contributed by atoms with E-state index in [-0.39, 0.29) is 18.2 Å². The van der Waals surface area contributed by atoms with Crippen molar-refractivity contribution >= 4 is 33.8 Å². The van der Waals surface area contributed by atoms with Crippen LogP contribution in [-0.2, 0) is 0 Å². The van der Waals surface area contributed by atoms with Gasteiger partial charge in [0.2, 0.25) is 0 Å². The van der Waals surface area contributed by atoms with E-state index in [4.69, 9.17) is 4.74 Å². The lowest BCUT2D eigenvalue weighted by Gasteiger charge is -2.25. The number of halogens is 2. The van der Waals surface area contributed by atoms with Crippen molar-refractivity contribution in [2.45, 2.75) is 12.2 Å². The lowest BCUT2D eigenvalue weighted by molar-refractivity contribution is 0.0377. The predicted molar refractivity (Wildman–Crippen MR) is 98.8 cm³/mol. The SMILES string of the molecule is CNC[C@@H](O)[C@@H](Oc1cccc2sccc12)c1cccc(F)c1.Cl. The molecule has 0 saturated heterocycles. The predicted octanol–water partition coefficient (Wildman–Crippen LogP) is 4.16. The third-order valence-corrected chi connectivity index (χ3v) is 4.53. The first-order chi connectivity index (χ1) is 11.2. The van der Waals surface area contributed by atoms with E-state index < -0.39 is 12.2 Å². The van der Waals surface area contributed by atoms with Crippen molar-refractivity contribution in [3.63, 3.8) is 0 Å². The van der Waals surface area contributed by atoms with E-state index in [1.165, 1.54) is 12.1 Å². The number of fused-ring (bicyclic) bond motifs is 1. The first-order valence-electron chi connectivity index (χ1n) is 7.40. The molecule has 0 radical (unpaired) electrons. The Morgan fingerprint density at radius 1 is 1.21 bits per heavy atom. The maximum atomic E-state index is 13.6. The fourth-order valence-corrected chi connectivity index (χ4v) is 3.38. The van der Waals surface area contributed by atoms with Crippen LogP contribution in [0, 0.1) is 5.82 Å². The number of hydrogen-bond donors (Lipinski definition) is 2. The van der Waals surface area contributed by atoms with Gasteiger partial charge in [-0.25, -0.2) is 4.39 Å². The summed E-state index contributed by atoms with van der Waals surface area (Å²) in [4.78, 5) is 0. The summed E-state index contributed by atoms with van der Waals surface area (Å²) in [5.74, 6) is 0.342. The molecule has 3 nitrogen and oxygen atoms in total. The molecule has 2 atom stereocenters. The molecule has 0 amide bonds. The highest BCUT2D eigenvalue weighted by molar-refractivity contribution is 7.17. The summed E-state index contributed by atoms with van der Waals surface area (Å²) in [5.41, 5.74) is 0.611. The fraction of sp³-hybridized carbons (Fsp3) is 0.222. The Morgan fingerprint density at radius 2 is 2.00 bits per heavy atom. The van der Waals surface area contributed by atoms with Crippen LogP contribution in [-0.4, -0.2) is 24.8 Å². The van der Waals surface area contributed by atoms with Crippen molar-refractivity contribution in [3.05, 3.63) is 65.3 Å². The van der Waals surface area contributed by atoms with Crippen LogP contribution in [0.4, 0.5) is 4.39 Å². The molecule has 0 bridgehead atoms. The highest BCUT2D eigenvalue weighted by atomic mass is 35.5. The first-order valence-corrected chi connectivity index (χ1v) is 8.28. The van der Waals surface area contributed by atoms with Gasteiger partial charge in [-0.05, 0) is 48.3 Å². The van der Waals surface area contributed by atoms with Gasteiger partial charge in [-0.1, -0.05) is 18.2 Å². The number of aliphatic hydroxyl groups excluding tert-OH is 1. The molecule has 0 spiro atoms. The molecule has 0 aliphatic rings. The third-order valence-electron chi connectivity index (χ3n) is 3.65. The average molecular weight is 368 g/mol. The summed E-state index contributed by atoms with van der Waals surface area (Å²) >= 11 is 1.63. The second kappa shape index (κ2) is 8.44. The van der Waals surface area contributed by atoms with Gasteiger partial charge in [0.15, 0.2) is 6.10 Å². The first kappa shape index (κ1) is 18.7. The molecule has 3 aromatic rings. The van der Waals surface area contributed by atoms with Crippen LogP contribution < -0.4 is 10.1 Å². The van der Waals surface area contributed by atoms with Crippen LogP contribution in [0.1, 0.15) is 11.7 Å². The van der Waals surface area contributed by atoms with Crippen LogP contribution in [0.3, 0.4) is 0 Å². The highest BCUT2D eigenvalue weighted by Gasteiger charge is 2.24. The summed E-state index contributed by atoms with van der Waals surface area (Å²) in [6.45, 7) is 0.348. The normalized spacial score (nSPS) is 13.3. The Balaban J connectivity index is 0.00000208. The zero-order valence-corrected chi connectivity index (χ0v) is 14.7. The van der Waals surface area contributed by atoms with Crippen molar-refractivity contribution < 1.29 is 14.2 Å². The molecule has 1 heterocycles. The topological polar surface area (TPSA) is 41.5 Å². The van der Waals surface area contributed by atoms with Gasteiger partial charge in [-0.3, -0.25) is 0 Å². The van der Waals surface area contributed by atoms with Gasteiger partial charge in [-0.2, -0.15) is 0 Å². The number of likely N-dealkylation sites (N-methyl/N-ethyl adjacent to an activating group) is 1. The number of thiophene rings is 1. The van der Waals surface area contributed by atoms with Crippen LogP contribution in [0.15, 0.2) is 53.9 Å². The second-order valence-electron chi connectivity index (χ2n) is 5.31. The Morgan fingerprint density at radius 3 is 2.75 bits per heavy atom. The molecule has 6 heteroatoms. The highest BCUT2D eigenvalue weighted by Crippen LogP contribution is 2.33. The summed E-state index contributed by atoms with van der Waals surface area (Å²) < 4.78 is 20.8. The van der Waals surface area contributed by atoms with Crippen molar-refractivity contribution in [3.8, 4) is 5.75 Å². The van der Waals surface area contributed by atoms with Gasteiger partial charge in [0, 0.05) is 16.6 Å². The van der Waals surface area contributed by atoms with E-state index in [1.54, 1.807) is 30.5 Å². The number of rotatable bonds is 6. The minimum Gasteiger partial charge on any atom is -0.482 e. The molecule has 128 valence electrons. The van der Waals surface area contributed by atoms with Crippen LogP contribution in [0.5, 0.6) is 5.75 Å². The largest absolute Gasteiger partial charge is 0.482 e. The molecule has 2 N–H and O–H groups in total. The monoisotopic (exact) mass is 367 g/mol. The Hall–Kier alpha value is -1.66. The van der Waals surface area contributed by atoms with Gasteiger partial charge >= 0.3 is 0 Å². The molecule has 0 unspecified atom stereocenters. The van der Waals surface area contributed by atoms with E-state index in [0.717, 1.165) is 10.1 Å². The Bertz CT molecular complexity index is 795. The Kier molecular flexibility index (Phi) is 6.57. The molecule has 0 fully saturated rings. The number of hydrogen-bond acceptors (Lipinski definition) is 4. The van der Waals surface area contributed by atoms with E-state index in [0.29, 0.717) is 17.9 Å². The zero-order chi connectivity index (χ0) is 16.2. The van der Waals surface area contributed by atoms with E-state index >= 15 is 0 Å². The van der Waals surface area contributed by atoms with Gasteiger partial charge in [0.05, 0.1) is 0 Å². The minimum atomic E-state index is -0.796. The fourth-order valence-electron chi connectivity index (χ4n) is 2.57. The van der Waals surface area contributed by atoms with Crippen LogP contribution in [0.2, 0.25) is 0 Å². The molecule has 2 aromatic carbocycles. The van der Waals surface area contributed by atoms with Crippen molar-refractivity contribution in [1.82, 2.24) is 5.32 Å². The maximum Gasteiger partial charge on any atom is 0.151 e. The molecule has 0 aliphatic heterocycles. The Labute approximate surface area is 150 Å². The number of nitrogens with one attached hydrogen (secondary N) is 1. The number of aliphatic hydroxyl groups is 1. The second-order valence-corrected chi connectivity index (χ2v) is 6.25. The lowest BCUT2D eigenvalue weighted by Crippen LogP contribution is -2.32. The molecule has 24 heavy (non-hydrogen) atoms. The minimum absolute atomic E-state index is 0. The summed E-state index contributed by atoms with van der Waals surface area (Å²) in [6, 6.07) is 14.0. The summed E-state index contributed by atoms with van der Waals surface area (Å²) in [5, 5.41) is 16.4. The smallest absolute Gasteiger partial charge is 0.151 e. The molecule has 0 aliphatic carbocycles. The van der Waals surface area contributed by atoms with Crippen LogP contribution >= 0.6 is 23.7 Å². The lowest BCUT2D eigenvalue weighted by atomic mass is 10.0. The quantitative estimate of drug-likeness (QED) is 0.687. The molecule has 0 saturated carbocycles. The van der Waals surface area contributed by atoms with Crippen molar-refractivity contribution in [2.24, 2.45) is 0 Å². The average Bonchev–Trinajstić information content (AvgIpc) is 3.02. The summed E-state index contributed by atoms with van der Waals surface area (Å²) in [7, 11) is 1.76.